The van der Waals surface area contributed by atoms with Gasteiger partial charge in [-0.3, -0.25) is 14.7 Å². The van der Waals surface area contributed by atoms with E-state index in [9.17, 15) is 9.59 Å². The zero-order valence-corrected chi connectivity index (χ0v) is 12.3. The Kier molecular flexibility index (Phi) is 3.54. The number of carbonyl (C=O) groups excluding carboxylic acids is 1. The fraction of sp³-hybridized carbons (Fsp3) is 0.267. The second-order valence-electron chi connectivity index (χ2n) is 5.08. The zero-order chi connectivity index (χ0) is 15.7. The number of anilines is 1. The van der Waals surface area contributed by atoms with Gasteiger partial charge in [-0.2, -0.15) is 4.98 Å². The molecule has 0 fully saturated rings. The Hall–Kier alpha value is -2.83. The Labute approximate surface area is 126 Å². The van der Waals surface area contributed by atoms with Crippen LogP contribution in [-0.2, 0) is 11.3 Å². The Morgan fingerprint density at radius 3 is 2.82 bits per heavy atom. The Bertz CT molecular complexity index is 855. The van der Waals surface area contributed by atoms with Gasteiger partial charge in [0.2, 0.25) is 5.91 Å². The first-order valence-corrected chi connectivity index (χ1v) is 6.96. The fourth-order valence-electron chi connectivity index (χ4n) is 2.26. The SMILES string of the molecule is Cc1[nH]c(=O)n(CCC(=O)Nc2nc3ccccc3o2)c1C. The number of aryl methyl sites for hydroxylation is 1. The van der Waals surface area contributed by atoms with Crippen LogP contribution in [0.15, 0.2) is 33.5 Å². The highest BCUT2D eigenvalue weighted by Gasteiger charge is 2.11. The van der Waals surface area contributed by atoms with Crippen molar-refractivity contribution in [2.75, 3.05) is 5.32 Å². The molecule has 0 spiro atoms. The predicted molar refractivity (Wildman–Crippen MR) is 81.8 cm³/mol. The lowest BCUT2D eigenvalue weighted by Crippen LogP contribution is -2.22. The van der Waals surface area contributed by atoms with Crippen molar-refractivity contribution < 1.29 is 9.21 Å². The second kappa shape index (κ2) is 5.51. The third-order valence-corrected chi connectivity index (χ3v) is 3.59. The van der Waals surface area contributed by atoms with E-state index >= 15 is 0 Å². The van der Waals surface area contributed by atoms with Crippen molar-refractivity contribution in [3.8, 4) is 0 Å². The van der Waals surface area contributed by atoms with E-state index in [4.69, 9.17) is 4.42 Å². The first-order chi connectivity index (χ1) is 10.5. The maximum Gasteiger partial charge on any atom is 0.325 e. The molecule has 1 amide bonds. The maximum atomic E-state index is 12.0. The minimum Gasteiger partial charge on any atom is -0.423 e. The molecule has 2 aromatic heterocycles. The van der Waals surface area contributed by atoms with Crippen molar-refractivity contribution in [3.05, 3.63) is 46.1 Å². The molecule has 2 N–H and O–H groups in total. The summed E-state index contributed by atoms with van der Waals surface area (Å²) < 4.78 is 6.97. The third kappa shape index (κ3) is 2.65. The van der Waals surface area contributed by atoms with Crippen molar-refractivity contribution in [1.82, 2.24) is 14.5 Å². The van der Waals surface area contributed by atoms with Crippen LogP contribution in [-0.4, -0.2) is 20.4 Å². The molecule has 0 bridgehead atoms. The van der Waals surface area contributed by atoms with Crippen molar-refractivity contribution in [1.29, 1.82) is 0 Å². The molecule has 1 aromatic carbocycles. The number of aromatic amines is 1. The standard InChI is InChI=1S/C15H16N4O3/c1-9-10(2)19(15(21)16-9)8-7-13(20)18-14-17-11-5-3-4-6-12(11)22-14/h3-6H,7-8H2,1-2H3,(H,16,21)(H,17,18,20). The van der Waals surface area contributed by atoms with Crippen LogP contribution in [0.25, 0.3) is 11.1 Å². The smallest absolute Gasteiger partial charge is 0.325 e. The number of hydrogen-bond donors (Lipinski definition) is 2. The van der Waals surface area contributed by atoms with E-state index in [0.717, 1.165) is 11.4 Å². The third-order valence-electron chi connectivity index (χ3n) is 3.59. The summed E-state index contributed by atoms with van der Waals surface area (Å²) in [4.78, 5) is 30.5. The molecule has 0 aliphatic carbocycles. The van der Waals surface area contributed by atoms with Crippen LogP contribution in [0.3, 0.4) is 0 Å². The Morgan fingerprint density at radius 2 is 2.14 bits per heavy atom. The number of H-pyrrole nitrogens is 1. The molecule has 2 heterocycles. The summed E-state index contributed by atoms with van der Waals surface area (Å²) in [6, 6.07) is 7.44. The number of fused-ring (bicyclic) bond motifs is 1. The highest BCUT2D eigenvalue weighted by molar-refractivity contribution is 5.89. The summed E-state index contributed by atoms with van der Waals surface area (Å²) in [5, 5.41) is 2.61. The lowest BCUT2D eigenvalue weighted by atomic mass is 10.3. The Balaban J connectivity index is 1.66. The molecule has 7 nitrogen and oxygen atoms in total. The van der Waals surface area contributed by atoms with E-state index in [1.54, 1.807) is 16.7 Å². The largest absolute Gasteiger partial charge is 0.423 e. The van der Waals surface area contributed by atoms with E-state index in [2.05, 4.69) is 15.3 Å². The molecule has 0 aliphatic heterocycles. The first kappa shape index (κ1) is 14.1. The number of aromatic nitrogens is 3. The summed E-state index contributed by atoms with van der Waals surface area (Å²) in [6.07, 6.45) is 0.163. The van der Waals surface area contributed by atoms with Crippen LogP contribution in [0.5, 0.6) is 0 Å². The molecule has 22 heavy (non-hydrogen) atoms. The number of nitrogens with one attached hydrogen (secondary N) is 2. The van der Waals surface area contributed by atoms with Gasteiger partial charge >= 0.3 is 11.7 Å². The molecule has 7 heteroatoms. The monoisotopic (exact) mass is 300 g/mol. The number of oxazole rings is 1. The quantitative estimate of drug-likeness (QED) is 0.770. The molecule has 0 saturated heterocycles. The van der Waals surface area contributed by atoms with E-state index in [-0.39, 0.29) is 24.0 Å². The van der Waals surface area contributed by atoms with E-state index in [0.29, 0.717) is 17.6 Å². The van der Waals surface area contributed by atoms with Gasteiger partial charge in [0.15, 0.2) is 5.58 Å². The van der Waals surface area contributed by atoms with Gasteiger partial charge < -0.3 is 9.40 Å². The summed E-state index contributed by atoms with van der Waals surface area (Å²) in [5.74, 6) is -0.253. The molecule has 0 saturated carbocycles. The summed E-state index contributed by atoms with van der Waals surface area (Å²) in [7, 11) is 0. The zero-order valence-electron chi connectivity index (χ0n) is 12.3. The van der Waals surface area contributed by atoms with Gasteiger partial charge in [-0.25, -0.2) is 4.79 Å². The molecular weight excluding hydrogens is 284 g/mol. The molecule has 0 radical (unpaired) electrons. The fourth-order valence-corrected chi connectivity index (χ4v) is 2.26. The number of hydrogen-bond acceptors (Lipinski definition) is 4. The minimum atomic E-state index is -0.253. The van der Waals surface area contributed by atoms with Crippen LogP contribution in [0.1, 0.15) is 17.8 Å². The number of nitrogens with zero attached hydrogens (tertiary/aromatic N) is 2. The lowest BCUT2D eigenvalue weighted by molar-refractivity contribution is -0.116. The number of para-hydroxylation sites is 2. The van der Waals surface area contributed by atoms with Gasteiger partial charge in [0.25, 0.3) is 0 Å². The average molecular weight is 300 g/mol. The maximum absolute atomic E-state index is 12.0. The van der Waals surface area contributed by atoms with Gasteiger partial charge in [0, 0.05) is 24.4 Å². The van der Waals surface area contributed by atoms with Crippen LogP contribution >= 0.6 is 0 Å². The van der Waals surface area contributed by atoms with Crippen LogP contribution in [0.2, 0.25) is 0 Å². The van der Waals surface area contributed by atoms with Gasteiger partial charge in [-0.15, -0.1) is 0 Å². The average Bonchev–Trinajstić information content (AvgIpc) is 2.98. The molecular formula is C15H16N4O3. The molecule has 3 rings (SSSR count). The second-order valence-corrected chi connectivity index (χ2v) is 5.08. The van der Waals surface area contributed by atoms with Crippen molar-refractivity contribution in [2.45, 2.75) is 26.8 Å². The van der Waals surface area contributed by atoms with E-state index in [1.807, 2.05) is 26.0 Å². The highest BCUT2D eigenvalue weighted by Crippen LogP contribution is 2.18. The van der Waals surface area contributed by atoms with E-state index < -0.39 is 0 Å². The lowest BCUT2D eigenvalue weighted by Gasteiger charge is -2.04. The molecule has 0 aliphatic rings. The summed E-state index contributed by atoms with van der Waals surface area (Å²) in [6.45, 7) is 3.97. The first-order valence-electron chi connectivity index (χ1n) is 6.96. The molecule has 0 atom stereocenters. The van der Waals surface area contributed by atoms with E-state index in [1.165, 1.54) is 0 Å². The molecule has 114 valence electrons. The predicted octanol–water partition coefficient (Wildman–Crippen LogP) is 1.96. The molecule has 0 unspecified atom stereocenters. The van der Waals surface area contributed by atoms with Crippen LogP contribution in [0.4, 0.5) is 6.01 Å². The van der Waals surface area contributed by atoms with Crippen molar-refractivity contribution in [3.63, 3.8) is 0 Å². The normalized spacial score (nSPS) is 11.0. The summed E-state index contributed by atoms with van der Waals surface area (Å²) in [5.41, 5.74) is 2.74. The Morgan fingerprint density at radius 1 is 1.36 bits per heavy atom. The number of carbonyl (C=O) groups is 1. The van der Waals surface area contributed by atoms with Gasteiger partial charge in [-0.1, -0.05) is 12.1 Å². The van der Waals surface area contributed by atoms with Crippen molar-refractivity contribution in [2.24, 2.45) is 0 Å². The molecule has 3 aromatic rings. The minimum absolute atomic E-state index is 0.163. The van der Waals surface area contributed by atoms with Crippen LogP contribution in [0, 0.1) is 13.8 Å². The highest BCUT2D eigenvalue weighted by atomic mass is 16.4. The number of amides is 1. The summed E-state index contributed by atoms with van der Waals surface area (Å²) >= 11 is 0. The van der Waals surface area contributed by atoms with Gasteiger partial charge in [0.1, 0.15) is 5.52 Å². The van der Waals surface area contributed by atoms with Gasteiger partial charge in [0.05, 0.1) is 0 Å². The number of rotatable bonds is 4. The number of imidazole rings is 1. The topological polar surface area (TPSA) is 92.9 Å². The van der Waals surface area contributed by atoms with Crippen molar-refractivity contribution >= 4 is 23.0 Å². The van der Waals surface area contributed by atoms with Crippen LogP contribution < -0.4 is 11.0 Å². The van der Waals surface area contributed by atoms with Gasteiger partial charge in [-0.05, 0) is 26.0 Å². The number of benzene rings is 1.